The lowest BCUT2D eigenvalue weighted by Gasteiger charge is -2.25. The van der Waals surface area contributed by atoms with Crippen LogP contribution in [-0.2, 0) is 19.4 Å². The highest BCUT2D eigenvalue weighted by molar-refractivity contribution is 5.18. The smallest absolute Gasteiger partial charge is 0.0413 e. The molecule has 143 valence electrons. The summed E-state index contributed by atoms with van der Waals surface area (Å²) < 4.78 is 0. The summed E-state index contributed by atoms with van der Waals surface area (Å²) in [6, 6.07) is 32.9. The molecular weight excluding hydrogens is 340 g/mol. The second kappa shape index (κ2) is 9.68. The first kappa shape index (κ1) is 18.9. The minimum absolute atomic E-state index is 0.367. The fourth-order valence-corrected chi connectivity index (χ4v) is 4.21. The van der Waals surface area contributed by atoms with Crippen LogP contribution in [-0.4, -0.2) is 30.6 Å². The number of hydrogen-bond acceptors (Lipinski definition) is 1. The minimum Gasteiger partial charge on any atom is -0.297 e. The van der Waals surface area contributed by atoms with Gasteiger partial charge in [0, 0.05) is 32.2 Å². The Kier molecular flexibility index (Phi) is 6.54. The Hall–Kier alpha value is -2.42. The standard InChI is InChI=1S/C26H29N2/c1-4-10-22(11-5-1)16-25-18-27-26(17-23-12-6-2-7-13-23)21-28(20-25)19-24-14-8-3-9-15-24/h1-15,25-26H,16-21H2. The van der Waals surface area contributed by atoms with E-state index >= 15 is 0 Å². The highest BCUT2D eigenvalue weighted by Gasteiger charge is 2.25. The van der Waals surface area contributed by atoms with Crippen molar-refractivity contribution in [3.05, 3.63) is 108 Å². The molecule has 28 heavy (non-hydrogen) atoms. The molecule has 2 nitrogen and oxygen atoms in total. The van der Waals surface area contributed by atoms with Gasteiger partial charge in [-0.15, -0.1) is 0 Å². The van der Waals surface area contributed by atoms with Gasteiger partial charge in [0.2, 0.25) is 0 Å². The van der Waals surface area contributed by atoms with E-state index in [-0.39, 0.29) is 0 Å². The molecule has 0 bridgehead atoms. The molecule has 2 unspecified atom stereocenters. The van der Waals surface area contributed by atoms with Crippen LogP contribution in [0.15, 0.2) is 91.0 Å². The van der Waals surface area contributed by atoms with Crippen LogP contribution in [0.3, 0.4) is 0 Å². The van der Waals surface area contributed by atoms with Gasteiger partial charge in [-0.2, -0.15) is 0 Å². The number of nitrogens with zero attached hydrogens (tertiary/aromatic N) is 2. The van der Waals surface area contributed by atoms with Gasteiger partial charge >= 0.3 is 0 Å². The van der Waals surface area contributed by atoms with Crippen molar-refractivity contribution in [2.75, 3.05) is 19.6 Å². The molecule has 1 aliphatic heterocycles. The maximum absolute atomic E-state index is 5.15. The molecule has 0 amide bonds. The first-order valence-electron chi connectivity index (χ1n) is 10.4. The first-order valence-corrected chi connectivity index (χ1v) is 10.4. The van der Waals surface area contributed by atoms with Crippen LogP contribution >= 0.6 is 0 Å². The number of rotatable bonds is 6. The first-order chi connectivity index (χ1) is 13.8. The van der Waals surface area contributed by atoms with E-state index in [1.54, 1.807) is 0 Å². The summed E-state index contributed by atoms with van der Waals surface area (Å²) in [7, 11) is 0. The summed E-state index contributed by atoms with van der Waals surface area (Å²) >= 11 is 0. The normalized spacial score (nSPS) is 20.6. The van der Waals surface area contributed by atoms with Gasteiger partial charge < -0.3 is 0 Å². The van der Waals surface area contributed by atoms with Gasteiger partial charge in [0.15, 0.2) is 0 Å². The summed E-state index contributed by atoms with van der Waals surface area (Å²) in [6.45, 7) is 4.11. The molecule has 1 heterocycles. The van der Waals surface area contributed by atoms with Gasteiger partial charge in [0.1, 0.15) is 0 Å². The van der Waals surface area contributed by atoms with Crippen LogP contribution in [0.5, 0.6) is 0 Å². The van der Waals surface area contributed by atoms with Crippen LogP contribution in [0.2, 0.25) is 0 Å². The van der Waals surface area contributed by atoms with E-state index in [4.69, 9.17) is 5.32 Å². The molecule has 0 aromatic heterocycles. The molecule has 4 rings (SSSR count). The molecule has 1 aliphatic rings. The van der Waals surface area contributed by atoms with E-state index in [0.29, 0.717) is 12.0 Å². The molecule has 3 aromatic rings. The van der Waals surface area contributed by atoms with E-state index in [9.17, 15) is 0 Å². The fraction of sp³-hybridized carbons (Fsp3) is 0.308. The van der Waals surface area contributed by atoms with Gasteiger partial charge in [-0.1, -0.05) is 91.0 Å². The van der Waals surface area contributed by atoms with Crippen molar-refractivity contribution in [1.82, 2.24) is 10.2 Å². The van der Waals surface area contributed by atoms with Crippen molar-refractivity contribution in [2.45, 2.75) is 25.4 Å². The van der Waals surface area contributed by atoms with Crippen molar-refractivity contribution in [1.29, 1.82) is 0 Å². The lowest BCUT2D eigenvalue weighted by molar-refractivity contribution is 0.234. The van der Waals surface area contributed by atoms with Crippen LogP contribution < -0.4 is 5.32 Å². The van der Waals surface area contributed by atoms with Gasteiger partial charge in [-0.3, -0.25) is 4.90 Å². The minimum atomic E-state index is 0.367. The van der Waals surface area contributed by atoms with Crippen molar-refractivity contribution in [2.24, 2.45) is 5.92 Å². The molecule has 2 heteroatoms. The highest BCUT2D eigenvalue weighted by Crippen LogP contribution is 2.18. The number of benzene rings is 3. The number of hydrogen-bond donors (Lipinski definition) is 0. The van der Waals surface area contributed by atoms with E-state index in [1.165, 1.54) is 16.7 Å². The zero-order valence-corrected chi connectivity index (χ0v) is 16.5. The van der Waals surface area contributed by atoms with Gasteiger partial charge in [0.05, 0.1) is 0 Å². The van der Waals surface area contributed by atoms with Gasteiger partial charge in [0.25, 0.3) is 0 Å². The SMILES string of the molecule is c1ccc(CC2C[N]C(Cc3ccccc3)CN(Cc3ccccc3)C2)cc1. The van der Waals surface area contributed by atoms with E-state index in [1.807, 2.05) is 0 Å². The van der Waals surface area contributed by atoms with E-state index in [0.717, 1.165) is 39.0 Å². The average molecular weight is 370 g/mol. The Morgan fingerprint density at radius 2 is 1.18 bits per heavy atom. The Morgan fingerprint density at radius 3 is 1.79 bits per heavy atom. The second-order valence-electron chi connectivity index (χ2n) is 7.94. The molecule has 1 saturated heterocycles. The summed E-state index contributed by atoms with van der Waals surface area (Å²) in [5, 5.41) is 5.15. The summed E-state index contributed by atoms with van der Waals surface area (Å²) in [6.07, 6.45) is 2.14. The van der Waals surface area contributed by atoms with Crippen molar-refractivity contribution >= 4 is 0 Å². The van der Waals surface area contributed by atoms with Gasteiger partial charge in [-0.05, 0) is 35.4 Å². The molecular formula is C26H29N2. The van der Waals surface area contributed by atoms with E-state index < -0.39 is 0 Å². The predicted molar refractivity (Wildman–Crippen MR) is 116 cm³/mol. The summed E-state index contributed by atoms with van der Waals surface area (Å²) in [4.78, 5) is 2.62. The topological polar surface area (TPSA) is 17.3 Å². The lowest BCUT2D eigenvalue weighted by atomic mass is 9.99. The molecule has 0 aliphatic carbocycles. The largest absolute Gasteiger partial charge is 0.297 e. The fourth-order valence-electron chi connectivity index (χ4n) is 4.21. The third kappa shape index (κ3) is 5.54. The molecule has 1 fully saturated rings. The van der Waals surface area contributed by atoms with Crippen molar-refractivity contribution < 1.29 is 0 Å². The van der Waals surface area contributed by atoms with Crippen LogP contribution in [0.4, 0.5) is 0 Å². The average Bonchev–Trinajstić information content (AvgIpc) is 2.92. The predicted octanol–water partition coefficient (Wildman–Crippen LogP) is 4.58. The second-order valence-corrected chi connectivity index (χ2v) is 7.94. The zero-order chi connectivity index (χ0) is 19.0. The molecule has 0 spiro atoms. The third-order valence-electron chi connectivity index (χ3n) is 5.54. The quantitative estimate of drug-likeness (QED) is 0.622. The molecule has 0 N–H and O–H groups in total. The Morgan fingerprint density at radius 1 is 0.643 bits per heavy atom. The van der Waals surface area contributed by atoms with Crippen molar-refractivity contribution in [3.63, 3.8) is 0 Å². The van der Waals surface area contributed by atoms with Crippen LogP contribution in [0, 0.1) is 5.92 Å². The maximum Gasteiger partial charge on any atom is 0.0413 e. The van der Waals surface area contributed by atoms with Gasteiger partial charge in [-0.25, -0.2) is 5.32 Å². The maximum atomic E-state index is 5.15. The third-order valence-corrected chi connectivity index (χ3v) is 5.54. The van der Waals surface area contributed by atoms with Crippen LogP contribution in [0.1, 0.15) is 16.7 Å². The van der Waals surface area contributed by atoms with Crippen LogP contribution in [0.25, 0.3) is 0 Å². The zero-order valence-electron chi connectivity index (χ0n) is 16.5. The molecule has 3 aromatic carbocycles. The highest BCUT2D eigenvalue weighted by atomic mass is 15.2. The Bertz CT molecular complexity index is 765. The molecule has 1 radical (unpaired) electrons. The van der Waals surface area contributed by atoms with E-state index in [2.05, 4.69) is 95.9 Å². The monoisotopic (exact) mass is 369 g/mol. The molecule has 2 atom stereocenters. The lowest BCUT2D eigenvalue weighted by Crippen LogP contribution is -2.35. The van der Waals surface area contributed by atoms with Crippen molar-refractivity contribution in [3.8, 4) is 0 Å². The summed E-state index contributed by atoms with van der Waals surface area (Å²) in [5.41, 5.74) is 4.20. The Balaban J connectivity index is 1.47. The summed E-state index contributed by atoms with van der Waals surface area (Å²) in [5.74, 6) is 0.576. The molecule has 0 saturated carbocycles. The Labute approximate surface area is 169 Å².